The molecule has 0 unspecified atom stereocenters. The summed E-state index contributed by atoms with van der Waals surface area (Å²) in [5.41, 5.74) is 1.12. The van der Waals surface area contributed by atoms with Crippen molar-refractivity contribution in [2.45, 2.75) is 56.7 Å². The Morgan fingerprint density at radius 3 is 2.64 bits per heavy atom. The molecular weight excluding hydrogens is 312 g/mol. The summed E-state index contributed by atoms with van der Waals surface area (Å²) in [7, 11) is 0. The highest BCUT2D eigenvalue weighted by atomic mass is 16.2. The Hall–Kier alpha value is -2.37. The van der Waals surface area contributed by atoms with Crippen LogP contribution in [0.5, 0.6) is 0 Å². The first-order valence-electron chi connectivity index (χ1n) is 9.11. The molecule has 5 nitrogen and oxygen atoms in total. The van der Waals surface area contributed by atoms with Gasteiger partial charge in [-0.25, -0.2) is 0 Å². The third-order valence-electron chi connectivity index (χ3n) is 5.39. The highest BCUT2D eigenvalue weighted by Gasteiger charge is 2.39. The molecule has 0 saturated carbocycles. The summed E-state index contributed by atoms with van der Waals surface area (Å²) >= 11 is 0. The number of hydrogen-bond acceptors (Lipinski definition) is 4. The van der Waals surface area contributed by atoms with Crippen LogP contribution >= 0.6 is 0 Å². The lowest BCUT2D eigenvalue weighted by Gasteiger charge is -2.34. The second kappa shape index (κ2) is 8.14. The highest BCUT2D eigenvalue weighted by molar-refractivity contribution is 5.83. The molecule has 2 aliphatic rings. The molecule has 1 aromatic rings. The van der Waals surface area contributed by atoms with Gasteiger partial charge in [0.2, 0.25) is 5.91 Å². The number of nitrogens with zero attached hydrogens (tertiary/aromatic N) is 4. The lowest BCUT2D eigenvalue weighted by atomic mass is 10.0. The number of benzene rings is 1. The van der Waals surface area contributed by atoms with Crippen LogP contribution in [0, 0.1) is 22.7 Å². The van der Waals surface area contributed by atoms with Crippen LogP contribution in [0.4, 0.5) is 0 Å². The fourth-order valence-corrected chi connectivity index (χ4v) is 4.13. The van der Waals surface area contributed by atoms with Gasteiger partial charge in [0.1, 0.15) is 6.04 Å². The Morgan fingerprint density at radius 2 is 1.92 bits per heavy atom. The van der Waals surface area contributed by atoms with Crippen molar-refractivity contribution in [3.8, 4) is 12.1 Å². The monoisotopic (exact) mass is 336 g/mol. The molecule has 0 spiro atoms. The van der Waals surface area contributed by atoms with Crippen molar-refractivity contribution in [3.63, 3.8) is 0 Å². The maximum absolute atomic E-state index is 13.3. The number of nitriles is 2. The molecular formula is C20H24N4O. The topological polar surface area (TPSA) is 71.1 Å². The van der Waals surface area contributed by atoms with Crippen molar-refractivity contribution in [2.75, 3.05) is 13.1 Å². The van der Waals surface area contributed by atoms with Crippen molar-refractivity contribution in [3.05, 3.63) is 35.9 Å². The van der Waals surface area contributed by atoms with E-state index in [0.29, 0.717) is 19.4 Å². The number of rotatable bonds is 5. The SMILES string of the molecule is N#CC[C@@H]1CCCN1[C@@H](Cc1ccccc1)C(=O)N1CCC[C@H]1C#N. The lowest BCUT2D eigenvalue weighted by Crippen LogP contribution is -2.52. The minimum atomic E-state index is -0.303. The quantitative estimate of drug-likeness (QED) is 0.828. The summed E-state index contributed by atoms with van der Waals surface area (Å²) in [5, 5.41) is 18.5. The summed E-state index contributed by atoms with van der Waals surface area (Å²) in [4.78, 5) is 17.3. The van der Waals surface area contributed by atoms with Crippen molar-refractivity contribution in [1.29, 1.82) is 10.5 Å². The zero-order valence-corrected chi connectivity index (χ0v) is 14.5. The Morgan fingerprint density at radius 1 is 1.16 bits per heavy atom. The van der Waals surface area contributed by atoms with E-state index in [2.05, 4.69) is 17.0 Å². The maximum Gasteiger partial charge on any atom is 0.241 e. The van der Waals surface area contributed by atoms with Crippen molar-refractivity contribution < 1.29 is 4.79 Å². The van der Waals surface area contributed by atoms with Gasteiger partial charge >= 0.3 is 0 Å². The molecule has 5 heteroatoms. The second-order valence-electron chi connectivity index (χ2n) is 6.92. The normalized spacial score (nSPS) is 24.6. The Labute approximate surface area is 149 Å². The molecule has 25 heavy (non-hydrogen) atoms. The molecule has 2 heterocycles. The first kappa shape index (κ1) is 17.5. The van der Waals surface area contributed by atoms with Gasteiger partial charge in [0, 0.05) is 12.6 Å². The third-order valence-corrected chi connectivity index (χ3v) is 5.39. The van der Waals surface area contributed by atoms with Gasteiger partial charge in [0.25, 0.3) is 0 Å². The van der Waals surface area contributed by atoms with E-state index >= 15 is 0 Å². The molecule has 1 amide bonds. The number of carbonyl (C=O) groups excluding carboxylic acids is 1. The van der Waals surface area contributed by atoms with Gasteiger partial charge in [-0.15, -0.1) is 0 Å². The smallest absolute Gasteiger partial charge is 0.241 e. The molecule has 3 atom stereocenters. The van der Waals surface area contributed by atoms with Crippen LogP contribution in [0.15, 0.2) is 30.3 Å². The van der Waals surface area contributed by atoms with E-state index < -0.39 is 0 Å². The molecule has 2 aliphatic heterocycles. The number of amides is 1. The molecule has 0 aromatic heterocycles. The molecule has 2 fully saturated rings. The van der Waals surface area contributed by atoms with E-state index in [1.165, 1.54) is 0 Å². The van der Waals surface area contributed by atoms with E-state index in [4.69, 9.17) is 5.26 Å². The first-order chi connectivity index (χ1) is 12.2. The summed E-state index contributed by atoms with van der Waals surface area (Å²) in [5.74, 6) is 0.0535. The van der Waals surface area contributed by atoms with E-state index in [1.807, 2.05) is 30.3 Å². The summed E-state index contributed by atoms with van der Waals surface area (Å²) in [6.45, 7) is 1.51. The van der Waals surface area contributed by atoms with Crippen LogP contribution in [0.2, 0.25) is 0 Å². The van der Waals surface area contributed by atoms with Gasteiger partial charge in [-0.3, -0.25) is 9.69 Å². The lowest BCUT2D eigenvalue weighted by molar-refractivity contribution is -0.137. The molecule has 2 saturated heterocycles. The summed E-state index contributed by atoms with van der Waals surface area (Å²) in [6, 6.07) is 14.1. The number of carbonyl (C=O) groups is 1. The second-order valence-corrected chi connectivity index (χ2v) is 6.92. The van der Waals surface area contributed by atoms with Gasteiger partial charge < -0.3 is 4.90 Å². The number of likely N-dealkylation sites (tertiary alicyclic amines) is 2. The molecule has 3 rings (SSSR count). The van der Waals surface area contributed by atoms with E-state index in [-0.39, 0.29) is 24.0 Å². The Kier molecular flexibility index (Phi) is 5.68. The highest BCUT2D eigenvalue weighted by Crippen LogP contribution is 2.27. The van der Waals surface area contributed by atoms with Crippen LogP contribution in [0.1, 0.15) is 37.7 Å². The van der Waals surface area contributed by atoms with Gasteiger partial charge in [0.15, 0.2) is 0 Å². The predicted molar refractivity (Wildman–Crippen MR) is 94.2 cm³/mol. The van der Waals surface area contributed by atoms with Crippen LogP contribution in [0.25, 0.3) is 0 Å². The Bertz CT molecular complexity index is 675. The fourth-order valence-electron chi connectivity index (χ4n) is 4.13. The average Bonchev–Trinajstić information content (AvgIpc) is 3.29. The molecule has 130 valence electrons. The third kappa shape index (κ3) is 3.83. The Balaban J connectivity index is 1.85. The predicted octanol–water partition coefficient (Wildman–Crippen LogP) is 2.49. The maximum atomic E-state index is 13.3. The molecule has 0 aliphatic carbocycles. The summed E-state index contributed by atoms with van der Waals surface area (Å²) < 4.78 is 0. The van der Waals surface area contributed by atoms with E-state index in [9.17, 15) is 10.1 Å². The zero-order valence-electron chi connectivity index (χ0n) is 14.5. The minimum Gasteiger partial charge on any atom is -0.325 e. The van der Waals surface area contributed by atoms with Gasteiger partial charge in [-0.1, -0.05) is 30.3 Å². The van der Waals surface area contributed by atoms with Gasteiger partial charge in [0.05, 0.1) is 24.6 Å². The molecule has 0 bridgehead atoms. The van der Waals surface area contributed by atoms with Crippen molar-refractivity contribution in [2.24, 2.45) is 0 Å². The van der Waals surface area contributed by atoms with Crippen LogP contribution in [-0.2, 0) is 11.2 Å². The average molecular weight is 336 g/mol. The standard InChI is InChI=1S/C20H24N4O/c21-11-10-17-8-4-12-23(17)19(14-16-6-2-1-3-7-16)20(25)24-13-5-9-18(24)15-22/h1-3,6-7,17-19H,4-5,8-10,12-14H2/t17-,18-,19-/m0/s1. The largest absolute Gasteiger partial charge is 0.325 e. The first-order valence-corrected chi connectivity index (χ1v) is 9.11. The fraction of sp³-hybridized carbons (Fsp3) is 0.550. The van der Waals surface area contributed by atoms with Crippen molar-refractivity contribution in [1.82, 2.24) is 9.80 Å². The van der Waals surface area contributed by atoms with Crippen molar-refractivity contribution >= 4 is 5.91 Å². The van der Waals surface area contributed by atoms with Gasteiger partial charge in [-0.2, -0.15) is 10.5 Å². The van der Waals surface area contributed by atoms with Gasteiger partial charge in [-0.05, 0) is 44.2 Å². The van der Waals surface area contributed by atoms with E-state index in [1.54, 1.807) is 4.90 Å². The van der Waals surface area contributed by atoms with Crippen LogP contribution in [-0.4, -0.2) is 46.9 Å². The number of hydrogen-bond donors (Lipinski definition) is 0. The van der Waals surface area contributed by atoms with E-state index in [0.717, 1.165) is 37.8 Å². The molecule has 0 N–H and O–H groups in total. The van der Waals surface area contributed by atoms with Crippen LogP contribution in [0.3, 0.4) is 0 Å². The zero-order chi connectivity index (χ0) is 17.6. The molecule has 1 aromatic carbocycles. The van der Waals surface area contributed by atoms with Crippen LogP contribution < -0.4 is 0 Å². The summed E-state index contributed by atoms with van der Waals surface area (Å²) in [6.07, 6.45) is 4.74. The molecule has 0 radical (unpaired) electrons. The minimum absolute atomic E-state index is 0.0535.